The lowest BCUT2D eigenvalue weighted by atomic mass is 10.3. The third-order valence-corrected chi connectivity index (χ3v) is 4.86. The van der Waals surface area contributed by atoms with E-state index in [0.29, 0.717) is 4.68 Å². The van der Waals surface area contributed by atoms with Gasteiger partial charge in [0.05, 0.1) is 25.5 Å². The maximum absolute atomic E-state index is 12.4. The molecule has 1 aliphatic rings. The summed E-state index contributed by atoms with van der Waals surface area (Å²) < 4.78 is 73.7. The number of rotatable bonds is 5. The molecule has 0 saturated carbocycles. The molecule has 22 heavy (non-hydrogen) atoms. The van der Waals surface area contributed by atoms with Crippen LogP contribution in [-0.4, -0.2) is 68.2 Å². The molecule has 7 nitrogen and oxygen atoms in total. The van der Waals surface area contributed by atoms with Crippen molar-refractivity contribution < 1.29 is 31.1 Å². The SMILES string of the molecule is COCC1CN(S(=O)(=O)c2cnn(CC(F)(F)F)c2)CCO1. The number of hydrogen-bond acceptors (Lipinski definition) is 5. The highest BCUT2D eigenvalue weighted by atomic mass is 32.2. The minimum Gasteiger partial charge on any atom is -0.382 e. The first-order chi connectivity index (χ1) is 10.2. The van der Waals surface area contributed by atoms with E-state index >= 15 is 0 Å². The molecule has 1 aromatic rings. The van der Waals surface area contributed by atoms with Crippen molar-refractivity contribution in [3.63, 3.8) is 0 Å². The summed E-state index contributed by atoms with van der Waals surface area (Å²) in [5.41, 5.74) is 0. The number of aromatic nitrogens is 2. The van der Waals surface area contributed by atoms with E-state index in [-0.39, 0.29) is 31.2 Å². The molecule has 11 heteroatoms. The maximum Gasteiger partial charge on any atom is 0.408 e. The average molecular weight is 343 g/mol. The molecule has 2 rings (SSSR count). The first-order valence-electron chi connectivity index (χ1n) is 6.42. The van der Waals surface area contributed by atoms with Crippen LogP contribution in [0, 0.1) is 0 Å². The zero-order chi connectivity index (χ0) is 16.4. The zero-order valence-electron chi connectivity index (χ0n) is 11.8. The molecule has 2 heterocycles. The normalized spacial score (nSPS) is 21.2. The van der Waals surface area contributed by atoms with Crippen LogP contribution in [0.4, 0.5) is 13.2 Å². The summed E-state index contributed by atoms with van der Waals surface area (Å²) in [6.45, 7) is -0.686. The van der Waals surface area contributed by atoms with E-state index in [1.165, 1.54) is 7.11 Å². The van der Waals surface area contributed by atoms with E-state index in [2.05, 4.69) is 5.10 Å². The lowest BCUT2D eigenvalue weighted by Crippen LogP contribution is -2.46. The van der Waals surface area contributed by atoms with Crippen LogP contribution in [0.5, 0.6) is 0 Å². The molecule has 1 unspecified atom stereocenters. The van der Waals surface area contributed by atoms with Gasteiger partial charge < -0.3 is 9.47 Å². The van der Waals surface area contributed by atoms with Crippen LogP contribution in [0.25, 0.3) is 0 Å². The third kappa shape index (κ3) is 4.18. The highest BCUT2D eigenvalue weighted by Gasteiger charge is 2.33. The van der Waals surface area contributed by atoms with E-state index in [1.807, 2.05) is 0 Å². The second-order valence-electron chi connectivity index (χ2n) is 4.80. The van der Waals surface area contributed by atoms with Gasteiger partial charge in [0.15, 0.2) is 0 Å². The van der Waals surface area contributed by atoms with Crippen LogP contribution in [0.2, 0.25) is 0 Å². The number of alkyl halides is 3. The van der Waals surface area contributed by atoms with E-state index in [0.717, 1.165) is 16.7 Å². The Morgan fingerprint density at radius 3 is 2.86 bits per heavy atom. The Morgan fingerprint density at radius 2 is 2.23 bits per heavy atom. The molecule has 1 aromatic heterocycles. The summed E-state index contributed by atoms with van der Waals surface area (Å²) in [7, 11) is -2.43. The Bertz CT molecular complexity index is 600. The Hall–Kier alpha value is -1.17. The fourth-order valence-electron chi connectivity index (χ4n) is 2.09. The van der Waals surface area contributed by atoms with Gasteiger partial charge in [0.25, 0.3) is 0 Å². The van der Waals surface area contributed by atoms with Gasteiger partial charge in [-0.3, -0.25) is 4.68 Å². The molecular formula is C11H16F3N3O4S. The topological polar surface area (TPSA) is 73.7 Å². The molecule has 1 atom stereocenters. The quantitative estimate of drug-likeness (QED) is 0.778. The maximum atomic E-state index is 12.4. The molecule has 1 saturated heterocycles. The van der Waals surface area contributed by atoms with Crippen LogP contribution >= 0.6 is 0 Å². The zero-order valence-corrected chi connectivity index (χ0v) is 12.6. The number of hydrogen-bond donors (Lipinski definition) is 0. The van der Waals surface area contributed by atoms with Gasteiger partial charge in [-0.1, -0.05) is 0 Å². The predicted octanol–water partition coefficient (Wildman–Crippen LogP) is 0.481. The summed E-state index contributed by atoms with van der Waals surface area (Å²) >= 11 is 0. The number of ether oxygens (including phenoxy) is 2. The van der Waals surface area contributed by atoms with Crippen molar-refractivity contribution in [2.45, 2.75) is 23.7 Å². The van der Waals surface area contributed by atoms with Crippen molar-refractivity contribution in [3.8, 4) is 0 Å². The molecule has 0 spiro atoms. The van der Waals surface area contributed by atoms with Gasteiger partial charge in [0, 0.05) is 26.4 Å². The molecule has 1 aliphatic heterocycles. The van der Waals surface area contributed by atoms with Gasteiger partial charge in [0.1, 0.15) is 11.4 Å². The number of methoxy groups -OCH3 is 1. The van der Waals surface area contributed by atoms with Crippen LogP contribution in [0.15, 0.2) is 17.3 Å². The summed E-state index contributed by atoms with van der Waals surface area (Å²) in [6.07, 6.45) is -3.07. The van der Waals surface area contributed by atoms with Crippen molar-refractivity contribution >= 4 is 10.0 Å². The lowest BCUT2D eigenvalue weighted by Gasteiger charge is -2.31. The second kappa shape index (κ2) is 6.52. The van der Waals surface area contributed by atoms with Crippen LogP contribution in [-0.2, 0) is 26.0 Å². The minimum atomic E-state index is -4.46. The van der Waals surface area contributed by atoms with Crippen LogP contribution in [0.3, 0.4) is 0 Å². The van der Waals surface area contributed by atoms with Crippen molar-refractivity contribution in [1.82, 2.24) is 14.1 Å². The van der Waals surface area contributed by atoms with E-state index in [9.17, 15) is 21.6 Å². The summed E-state index contributed by atoms with van der Waals surface area (Å²) in [6, 6.07) is 0. The number of sulfonamides is 1. The predicted molar refractivity (Wildman–Crippen MR) is 68.7 cm³/mol. The number of halogens is 3. The minimum absolute atomic E-state index is 0.0840. The van der Waals surface area contributed by atoms with Gasteiger partial charge in [0.2, 0.25) is 10.0 Å². The van der Waals surface area contributed by atoms with Gasteiger partial charge in [-0.25, -0.2) is 8.42 Å². The van der Waals surface area contributed by atoms with E-state index in [4.69, 9.17) is 9.47 Å². The monoisotopic (exact) mass is 343 g/mol. The van der Waals surface area contributed by atoms with E-state index in [1.54, 1.807) is 0 Å². The van der Waals surface area contributed by atoms with Crippen molar-refractivity contribution in [2.75, 3.05) is 33.4 Å². The molecule has 0 amide bonds. The number of nitrogens with zero attached hydrogens (tertiary/aromatic N) is 3. The Morgan fingerprint density at radius 1 is 1.50 bits per heavy atom. The Balaban J connectivity index is 2.13. The van der Waals surface area contributed by atoms with Crippen molar-refractivity contribution in [1.29, 1.82) is 0 Å². The molecule has 126 valence electrons. The molecule has 0 radical (unpaired) electrons. The lowest BCUT2D eigenvalue weighted by molar-refractivity contribution is -0.142. The molecule has 0 aromatic carbocycles. The van der Waals surface area contributed by atoms with Gasteiger partial charge in [-0.05, 0) is 0 Å². The first kappa shape index (κ1) is 17.2. The van der Waals surface area contributed by atoms with Crippen molar-refractivity contribution in [3.05, 3.63) is 12.4 Å². The van der Waals surface area contributed by atoms with Gasteiger partial charge in [-0.2, -0.15) is 22.6 Å². The Labute approximate surface area is 125 Å². The molecule has 0 bridgehead atoms. The summed E-state index contributed by atoms with van der Waals surface area (Å²) in [5.74, 6) is 0. The summed E-state index contributed by atoms with van der Waals surface area (Å²) in [4.78, 5) is -0.269. The highest BCUT2D eigenvalue weighted by Crippen LogP contribution is 2.21. The van der Waals surface area contributed by atoms with Crippen molar-refractivity contribution in [2.24, 2.45) is 0 Å². The summed E-state index contributed by atoms with van der Waals surface area (Å²) in [5, 5.41) is 3.45. The number of morpholine rings is 1. The highest BCUT2D eigenvalue weighted by molar-refractivity contribution is 7.89. The second-order valence-corrected chi connectivity index (χ2v) is 6.74. The average Bonchev–Trinajstić information content (AvgIpc) is 2.86. The molecular weight excluding hydrogens is 327 g/mol. The van der Waals surface area contributed by atoms with Crippen LogP contribution in [0.1, 0.15) is 0 Å². The molecule has 1 fully saturated rings. The third-order valence-electron chi connectivity index (χ3n) is 3.04. The first-order valence-corrected chi connectivity index (χ1v) is 7.86. The van der Waals surface area contributed by atoms with Gasteiger partial charge >= 0.3 is 6.18 Å². The molecule has 0 aliphatic carbocycles. The van der Waals surface area contributed by atoms with Gasteiger partial charge in [-0.15, -0.1) is 0 Å². The smallest absolute Gasteiger partial charge is 0.382 e. The molecule has 0 N–H and O–H groups in total. The fraction of sp³-hybridized carbons (Fsp3) is 0.727. The van der Waals surface area contributed by atoms with E-state index < -0.39 is 28.8 Å². The van der Waals surface area contributed by atoms with Crippen LogP contribution < -0.4 is 0 Å². The Kier molecular flexibility index (Phi) is 5.10. The standard InChI is InChI=1S/C11H16F3N3O4S/c1-20-7-9-5-17(2-3-21-9)22(18,19)10-4-15-16(6-10)8-11(12,13)14/h4,6,9H,2-3,5,7-8H2,1H3. The largest absolute Gasteiger partial charge is 0.408 e. The fourth-order valence-corrected chi connectivity index (χ4v) is 3.51.